The molecule has 1 fully saturated rings. The number of rotatable bonds is 4. The fourth-order valence-electron chi connectivity index (χ4n) is 1.74. The standard InChI is InChI=1S/C11H18N4S/c12-10-9-14-2-1-11(10)16-8-7-15-5-3-13-4-6-15/h1-2,9,13H,3-8,12H2. The molecule has 1 aliphatic heterocycles. The van der Waals surface area contributed by atoms with Crippen molar-refractivity contribution in [3.8, 4) is 0 Å². The van der Waals surface area contributed by atoms with E-state index >= 15 is 0 Å². The quantitative estimate of drug-likeness (QED) is 0.755. The van der Waals surface area contributed by atoms with Crippen LogP contribution < -0.4 is 11.1 Å². The predicted molar refractivity (Wildman–Crippen MR) is 68.7 cm³/mol. The number of nitrogens with two attached hydrogens (primary N) is 1. The third-order valence-electron chi connectivity index (χ3n) is 2.68. The van der Waals surface area contributed by atoms with Gasteiger partial charge in [0.25, 0.3) is 0 Å². The van der Waals surface area contributed by atoms with Crippen molar-refractivity contribution in [3.05, 3.63) is 18.5 Å². The smallest absolute Gasteiger partial charge is 0.0638 e. The first-order chi connectivity index (χ1) is 7.86. The van der Waals surface area contributed by atoms with Crippen LogP contribution in [-0.4, -0.2) is 48.4 Å². The van der Waals surface area contributed by atoms with E-state index in [9.17, 15) is 0 Å². The fraction of sp³-hybridized carbons (Fsp3) is 0.545. The van der Waals surface area contributed by atoms with Crippen molar-refractivity contribution in [2.75, 3.05) is 44.2 Å². The van der Waals surface area contributed by atoms with Crippen LogP contribution in [0.1, 0.15) is 0 Å². The second-order valence-corrected chi connectivity index (χ2v) is 4.99. The van der Waals surface area contributed by atoms with Gasteiger partial charge < -0.3 is 11.1 Å². The van der Waals surface area contributed by atoms with Crippen LogP contribution in [0.4, 0.5) is 5.69 Å². The number of hydrogen-bond acceptors (Lipinski definition) is 5. The minimum Gasteiger partial charge on any atom is -0.397 e. The van der Waals surface area contributed by atoms with Gasteiger partial charge in [-0.15, -0.1) is 11.8 Å². The van der Waals surface area contributed by atoms with E-state index < -0.39 is 0 Å². The van der Waals surface area contributed by atoms with E-state index in [1.54, 1.807) is 12.4 Å². The Morgan fingerprint density at radius 3 is 3.00 bits per heavy atom. The van der Waals surface area contributed by atoms with Crippen LogP contribution in [0.15, 0.2) is 23.4 Å². The number of pyridine rings is 1. The molecule has 0 radical (unpaired) electrons. The molecule has 1 saturated heterocycles. The summed E-state index contributed by atoms with van der Waals surface area (Å²) in [5.74, 6) is 1.09. The predicted octanol–water partition coefficient (Wildman–Crippen LogP) is 0.661. The lowest BCUT2D eigenvalue weighted by molar-refractivity contribution is 0.255. The minimum absolute atomic E-state index is 0.785. The first kappa shape index (κ1) is 11.7. The lowest BCUT2D eigenvalue weighted by Crippen LogP contribution is -2.44. The van der Waals surface area contributed by atoms with Crippen LogP contribution in [-0.2, 0) is 0 Å². The number of nitrogen functional groups attached to an aromatic ring is 1. The van der Waals surface area contributed by atoms with Crippen LogP contribution in [0.5, 0.6) is 0 Å². The Hall–Kier alpha value is -0.780. The normalized spacial score (nSPS) is 17.5. The van der Waals surface area contributed by atoms with Gasteiger partial charge in [0.2, 0.25) is 0 Å². The first-order valence-corrected chi connectivity index (χ1v) is 6.60. The molecule has 4 nitrogen and oxygen atoms in total. The SMILES string of the molecule is Nc1cnccc1SCCN1CCNCC1. The Bertz CT molecular complexity index is 326. The van der Waals surface area contributed by atoms with Crippen LogP contribution in [0.25, 0.3) is 0 Å². The van der Waals surface area contributed by atoms with E-state index in [1.165, 1.54) is 0 Å². The van der Waals surface area contributed by atoms with Crippen molar-refractivity contribution < 1.29 is 0 Å². The molecular formula is C11H18N4S. The zero-order valence-electron chi connectivity index (χ0n) is 9.35. The Balaban J connectivity index is 1.73. The van der Waals surface area contributed by atoms with Gasteiger partial charge in [0, 0.05) is 49.6 Å². The van der Waals surface area contributed by atoms with Gasteiger partial charge in [0.1, 0.15) is 0 Å². The zero-order valence-corrected chi connectivity index (χ0v) is 10.2. The van der Waals surface area contributed by atoms with Crippen molar-refractivity contribution in [1.29, 1.82) is 0 Å². The molecule has 5 heteroatoms. The maximum absolute atomic E-state index is 5.83. The van der Waals surface area contributed by atoms with E-state index in [0.29, 0.717) is 0 Å². The number of piperazine rings is 1. The molecule has 0 atom stereocenters. The Morgan fingerprint density at radius 1 is 1.44 bits per heavy atom. The topological polar surface area (TPSA) is 54.2 Å². The minimum atomic E-state index is 0.785. The van der Waals surface area contributed by atoms with Gasteiger partial charge in [-0.05, 0) is 6.07 Å². The molecule has 1 aromatic heterocycles. The monoisotopic (exact) mass is 238 g/mol. The summed E-state index contributed by atoms with van der Waals surface area (Å²) in [7, 11) is 0. The average molecular weight is 238 g/mol. The second kappa shape index (κ2) is 6.08. The maximum Gasteiger partial charge on any atom is 0.0638 e. The highest BCUT2D eigenvalue weighted by atomic mass is 32.2. The summed E-state index contributed by atoms with van der Waals surface area (Å²) in [6.07, 6.45) is 3.51. The van der Waals surface area contributed by atoms with Gasteiger partial charge in [0.05, 0.1) is 11.9 Å². The number of nitrogens with one attached hydrogen (secondary N) is 1. The lowest BCUT2D eigenvalue weighted by Gasteiger charge is -2.26. The summed E-state index contributed by atoms with van der Waals surface area (Å²) >= 11 is 1.81. The number of nitrogens with zero attached hydrogens (tertiary/aromatic N) is 2. The maximum atomic E-state index is 5.83. The van der Waals surface area contributed by atoms with Gasteiger partial charge in [-0.3, -0.25) is 9.88 Å². The summed E-state index contributed by atoms with van der Waals surface area (Å²) in [4.78, 5) is 7.62. The van der Waals surface area contributed by atoms with Crippen molar-refractivity contribution in [1.82, 2.24) is 15.2 Å². The molecule has 0 saturated carbocycles. The Morgan fingerprint density at radius 2 is 2.25 bits per heavy atom. The van der Waals surface area contributed by atoms with E-state index in [4.69, 9.17) is 5.73 Å². The molecule has 1 aromatic rings. The Labute approximate surface area is 101 Å². The van der Waals surface area contributed by atoms with Crippen molar-refractivity contribution >= 4 is 17.4 Å². The number of aromatic nitrogens is 1. The molecule has 0 unspecified atom stereocenters. The Kier molecular flexibility index (Phi) is 4.44. The van der Waals surface area contributed by atoms with Gasteiger partial charge in [-0.1, -0.05) is 0 Å². The summed E-state index contributed by atoms with van der Waals surface area (Å²) in [5, 5.41) is 3.36. The molecule has 0 aliphatic carbocycles. The summed E-state index contributed by atoms with van der Waals surface area (Å²) < 4.78 is 0. The molecule has 2 heterocycles. The molecule has 88 valence electrons. The van der Waals surface area contributed by atoms with Crippen molar-refractivity contribution in [3.63, 3.8) is 0 Å². The van der Waals surface area contributed by atoms with Gasteiger partial charge in [-0.2, -0.15) is 0 Å². The molecular weight excluding hydrogens is 220 g/mol. The van der Waals surface area contributed by atoms with Crippen molar-refractivity contribution in [2.24, 2.45) is 0 Å². The van der Waals surface area contributed by atoms with Crippen LogP contribution in [0, 0.1) is 0 Å². The molecule has 0 spiro atoms. The van der Waals surface area contributed by atoms with Crippen LogP contribution >= 0.6 is 11.8 Å². The second-order valence-electron chi connectivity index (χ2n) is 3.85. The third-order valence-corrected chi connectivity index (χ3v) is 3.75. The highest BCUT2D eigenvalue weighted by Gasteiger charge is 2.09. The van der Waals surface area contributed by atoms with E-state index in [1.807, 2.05) is 17.8 Å². The fourth-order valence-corrected chi connectivity index (χ4v) is 2.69. The summed E-state index contributed by atoms with van der Waals surface area (Å²) in [6.45, 7) is 5.68. The van der Waals surface area contributed by atoms with Gasteiger partial charge in [0.15, 0.2) is 0 Å². The molecule has 0 aromatic carbocycles. The van der Waals surface area contributed by atoms with Crippen LogP contribution in [0.2, 0.25) is 0 Å². The number of hydrogen-bond donors (Lipinski definition) is 2. The lowest BCUT2D eigenvalue weighted by atomic mass is 10.4. The summed E-state index contributed by atoms with van der Waals surface area (Å²) in [6, 6.07) is 1.98. The van der Waals surface area contributed by atoms with Crippen molar-refractivity contribution in [2.45, 2.75) is 4.90 Å². The largest absolute Gasteiger partial charge is 0.397 e. The molecule has 3 N–H and O–H groups in total. The van der Waals surface area contributed by atoms with E-state index in [2.05, 4.69) is 15.2 Å². The molecule has 0 amide bonds. The average Bonchev–Trinajstić information content (AvgIpc) is 2.33. The molecule has 1 aliphatic rings. The van der Waals surface area contributed by atoms with Gasteiger partial charge >= 0.3 is 0 Å². The van der Waals surface area contributed by atoms with E-state index in [0.717, 1.165) is 49.1 Å². The third kappa shape index (κ3) is 3.37. The zero-order chi connectivity index (χ0) is 11.2. The highest BCUT2D eigenvalue weighted by Crippen LogP contribution is 2.23. The van der Waals surface area contributed by atoms with Crippen LogP contribution in [0.3, 0.4) is 0 Å². The number of thioether (sulfide) groups is 1. The molecule has 2 rings (SSSR count). The van der Waals surface area contributed by atoms with E-state index in [-0.39, 0.29) is 0 Å². The number of anilines is 1. The molecule has 0 bridgehead atoms. The highest BCUT2D eigenvalue weighted by molar-refractivity contribution is 7.99. The summed E-state index contributed by atoms with van der Waals surface area (Å²) in [5.41, 5.74) is 6.62. The molecule has 16 heavy (non-hydrogen) atoms. The van der Waals surface area contributed by atoms with Gasteiger partial charge in [-0.25, -0.2) is 0 Å². The first-order valence-electron chi connectivity index (χ1n) is 5.61.